The first kappa shape index (κ1) is 30.8. The Morgan fingerprint density at radius 2 is 1.63 bits per heavy atom. The molecule has 236 valence electrons. The molecule has 3 aromatic carbocycles. The van der Waals surface area contributed by atoms with E-state index in [9.17, 15) is 24.3 Å². The van der Waals surface area contributed by atoms with Crippen molar-refractivity contribution in [2.45, 2.75) is 28.5 Å². The number of halogens is 3. The van der Waals surface area contributed by atoms with Crippen molar-refractivity contribution < 1.29 is 29.0 Å². The largest absolute Gasteiger partial charge is 0.508 e. The number of ether oxygens (including phenoxy) is 1. The van der Waals surface area contributed by atoms with Gasteiger partial charge in [0.05, 0.1) is 30.1 Å². The number of fused-ring (bicyclic) bond motifs is 4. The number of methoxy groups -OCH3 is 1. The Kier molecular flexibility index (Phi) is 7.45. The lowest BCUT2D eigenvalue weighted by Gasteiger charge is -2.50. The number of alkyl halides is 3. The van der Waals surface area contributed by atoms with Crippen molar-refractivity contribution in [3.8, 4) is 11.5 Å². The van der Waals surface area contributed by atoms with Gasteiger partial charge in [-0.1, -0.05) is 45.8 Å². The molecular weight excluding hydrogens is 697 g/mol. The molecule has 2 aliphatic carbocycles. The second-order valence-corrected chi connectivity index (χ2v) is 13.7. The molecule has 4 aliphatic rings. The van der Waals surface area contributed by atoms with Gasteiger partial charge in [-0.3, -0.25) is 29.0 Å². The highest BCUT2D eigenvalue weighted by atomic mass is 79.9. The van der Waals surface area contributed by atoms with E-state index in [0.29, 0.717) is 17.0 Å². The quantitative estimate of drug-likeness (QED) is 0.138. The Balaban J connectivity index is 1.29. The van der Waals surface area contributed by atoms with Crippen LogP contribution in [0.2, 0.25) is 0 Å². The van der Waals surface area contributed by atoms with Gasteiger partial charge in [-0.2, -0.15) is 0 Å². The van der Waals surface area contributed by atoms with E-state index in [1.54, 1.807) is 36.4 Å². The fourth-order valence-corrected chi connectivity index (χ4v) is 9.04. The summed E-state index contributed by atoms with van der Waals surface area (Å²) in [4.78, 5) is 54.1. The highest BCUT2D eigenvalue weighted by Gasteiger charge is 2.76. The summed E-state index contributed by atoms with van der Waals surface area (Å²) < 4.78 is 5.42. The van der Waals surface area contributed by atoms with Gasteiger partial charge >= 0.3 is 0 Å². The monoisotopic (exact) mass is 723 g/mol. The number of hydrogen-bond donors (Lipinski definition) is 2. The minimum atomic E-state index is -2.02. The lowest BCUT2D eigenvalue weighted by atomic mass is 9.56. The van der Waals surface area contributed by atoms with Crippen LogP contribution in [0, 0.1) is 17.8 Å². The van der Waals surface area contributed by atoms with E-state index in [1.807, 2.05) is 36.4 Å². The molecule has 1 saturated carbocycles. The minimum Gasteiger partial charge on any atom is -0.508 e. The van der Waals surface area contributed by atoms with Gasteiger partial charge in [0.2, 0.25) is 11.8 Å². The van der Waals surface area contributed by atoms with E-state index >= 15 is 0 Å². The molecule has 0 bridgehead atoms. The van der Waals surface area contributed by atoms with Crippen molar-refractivity contribution in [2.24, 2.45) is 17.8 Å². The van der Waals surface area contributed by atoms with Crippen molar-refractivity contribution in [1.29, 1.82) is 0 Å². The minimum absolute atomic E-state index is 0.138. The summed E-state index contributed by atoms with van der Waals surface area (Å²) in [6.45, 7) is 0. The van der Waals surface area contributed by atoms with Gasteiger partial charge in [-0.15, -0.1) is 23.2 Å². The Morgan fingerprint density at radius 3 is 2.30 bits per heavy atom. The molecule has 2 heterocycles. The maximum absolute atomic E-state index is 14.3. The van der Waals surface area contributed by atoms with Gasteiger partial charge in [0.1, 0.15) is 11.5 Å². The van der Waals surface area contributed by atoms with E-state index in [4.69, 9.17) is 27.9 Å². The molecule has 4 amide bonds. The maximum Gasteiger partial charge on any atom is 0.254 e. The number of likely N-dealkylation sites (tertiary alicyclic amines) is 1. The van der Waals surface area contributed by atoms with Crippen LogP contribution >= 0.6 is 39.1 Å². The smallest absolute Gasteiger partial charge is 0.254 e. The van der Waals surface area contributed by atoms with Crippen LogP contribution in [0.4, 0.5) is 17.1 Å². The van der Waals surface area contributed by atoms with Crippen molar-refractivity contribution >= 4 is 79.8 Å². The number of nitrogens with one attached hydrogen (secondary N) is 1. The van der Waals surface area contributed by atoms with Gasteiger partial charge in [0.25, 0.3) is 11.8 Å². The highest BCUT2D eigenvalue weighted by molar-refractivity contribution is 9.09. The first-order valence-electron chi connectivity index (χ1n) is 14.7. The van der Waals surface area contributed by atoms with Gasteiger partial charge < -0.3 is 15.2 Å². The summed E-state index contributed by atoms with van der Waals surface area (Å²) in [6.07, 6.45) is 1.89. The van der Waals surface area contributed by atoms with Crippen LogP contribution in [0.15, 0.2) is 84.4 Å². The molecule has 9 nitrogen and oxygen atoms in total. The molecule has 0 aromatic heterocycles. The first-order valence-corrected chi connectivity index (χ1v) is 16.6. The Hall–Kier alpha value is -3.86. The molecule has 3 fully saturated rings. The van der Waals surface area contributed by atoms with E-state index in [2.05, 4.69) is 21.2 Å². The summed E-state index contributed by atoms with van der Waals surface area (Å²) in [5, 5.41) is 14.4. The van der Waals surface area contributed by atoms with Crippen LogP contribution < -0.4 is 15.0 Å². The standard InChI is InChI=1S/C34H28BrCl2N3O6/c1-46-21-11-14-26(41)24(15-21)28-22-12-13-23-27(25(22)16-33(36)31(44)39(17-35)32(45)34(28,33)37)30(43)40(29(23)42)20-9-7-19(8-10-20)38-18-5-3-2-4-6-18/h2-12,14-15,23,25,27-28,38,41H,13,16-17H2,1H3/t23-,25+,27-,28+,33+,34-/m0/s1. The van der Waals surface area contributed by atoms with Crippen LogP contribution in [-0.4, -0.2) is 55.9 Å². The Labute approximate surface area is 283 Å². The number of para-hydroxylation sites is 1. The van der Waals surface area contributed by atoms with Crippen LogP contribution in [0.1, 0.15) is 24.3 Å². The summed E-state index contributed by atoms with van der Waals surface area (Å²) in [5.41, 5.74) is 2.78. The lowest BCUT2D eigenvalue weighted by Crippen LogP contribution is -2.60. The van der Waals surface area contributed by atoms with Crippen molar-refractivity contribution in [3.05, 3.63) is 90.0 Å². The third-order valence-electron chi connectivity index (χ3n) is 9.75. The average molecular weight is 725 g/mol. The number of hydrogen-bond acceptors (Lipinski definition) is 7. The van der Waals surface area contributed by atoms with Crippen LogP contribution in [0.25, 0.3) is 0 Å². The molecule has 0 radical (unpaired) electrons. The third-order valence-corrected chi connectivity index (χ3v) is 11.7. The van der Waals surface area contributed by atoms with Gasteiger partial charge in [-0.25, -0.2) is 0 Å². The molecule has 46 heavy (non-hydrogen) atoms. The van der Waals surface area contributed by atoms with Crippen LogP contribution in [-0.2, 0) is 19.2 Å². The van der Waals surface area contributed by atoms with Crippen molar-refractivity contribution in [2.75, 3.05) is 22.8 Å². The van der Waals surface area contributed by atoms with Crippen molar-refractivity contribution in [1.82, 2.24) is 4.90 Å². The van der Waals surface area contributed by atoms with Gasteiger partial charge in [0, 0.05) is 22.9 Å². The summed E-state index contributed by atoms with van der Waals surface area (Å²) in [6, 6.07) is 21.2. The van der Waals surface area contributed by atoms with E-state index in [1.165, 1.54) is 18.1 Å². The number of phenolic OH excluding ortho intramolecular Hbond substituents is 1. The van der Waals surface area contributed by atoms with E-state index in [-0.39, 0.29) is 35.5 Å². The van der Waals surface area contributed by atoms with Crippen LogP contribution in [0.3, 0.4) is 0 Å². The van der Waals surface area contributed by atoms with E-state index < -0.39 is 51.1 Å². The molecule has 2 aliphatic heterocycles. The van der Waals surface area contributed by atoms with Crippen LogP contribution in [0.5, 0.6) is 11.5 Å². The molecule has 12 heteroatoms. The van der Waals surface area contributed by atoms with Crippen molar-refractivity contribution in [3.63, 3.8) is 0 Å². The van der Waals surface area contributed by atoms with Gasteiger partial charge in [-0.05, 0) is 73.4 Å². The Bertz CT molecular complexity index is 1820. The number of phenols is 1. The normalized spacial score (nSPS) is 30.1. The topological polar surface area (TPSA) is 116 Å². The molecule has 2 saturated heterocycles. The number of imide groups is 2. The fraction of sp³-hybridized carbons (Fsp3) is 0.294. The predicted molar refractivity (Wildman–Crippen MR) is 177 cm³/mol. The number of rotatable bonds is 6. The second kappa shape index (κ2) is 11.1. The molecule has 7 rings (SSSR count). The second-order valence-electron chi connectivity index (χ2n) is 12.0. The average Bonchev–Trinajstić information content (AvgIpc) is 3.40. The third kappa shape index (κ3) is 4.26. The molecule has 2 N–H and O–H groups in total. The molecular formula is C34H28BrCl2N3O6. The fourth-order valence-electron chi connectivity index (χ4n) is 7.63. The number of allylic oxidation sites excluding steroid dienone is 2. The number of carbonyl (C=O) groups is 4. The number of benzene rings is 3. The first-order chi connectivity index (χ1) is 22.0. The van der Waals surface area contributed by atoms with E-state index in [0.717, 1.165) is 16.3 Å². The Morgan fingerprint density at radius 1 is 0.935 bits per heavy atom. The lowest BCUT2D eigenvalue weighted by molar-refractivity contribution is -0.138. The summed E-state index contributed by atoms with van der Waals surface area (Å²) in [5.74, 6) is -5.33. The number of nitrogens with zero attached hydrogens (tertiary/aromatic N) is 2. The predicted octanol–water partition coefficient (Wildman–Crippen LogP) is 6.06. The zero-order valence-corrected chi connectivity index (χ0v) is 27.6. The molecule has 3 aromatic rings. The molecule has 6 atom stereocenters. The number of carbonyl (C=O) groups excluding carboxylic acids is 4. The number of amides is 4. The zero-order chi connectivity index (χ0) is 32.5. The van der Waals surface area contributed by atoms with Gasteiger partial charge in [0.15, 0.2) is 9.75 Å². The number of aromatic hydroxyl groups is 1. The SMILES string of the molecule is COc1ccc(O)c([C@H]2C3=CC[C@@H]4C(=O)N(c5ccc(Nc6ccccc6)cc5)C(=O)[C@@H]4[C@@H]3C[C@@]3(Cl)C(=O)N(CBr)C(=O)[C@@]23Cl)c1. The summed E-state index contributed by atoms with van der Waals surface area (Å²) in [7, 11) is 1.46. The zero-order valence-electron chi connectivity index (χ0n) is 24.5. The maximum atomic E-state index is 14.3. The number of anilines is 3. The highest BCUT2D eigenvalue weighted by Crippen LogP contribution is 2.66. The summed E-state index contributed by atoms with van der Waals surface area (Å²) >= 11 is 17.7. The molecule has 0 spiro atoms. The molecule has 0 unspecified atom stereocenters.